The number of aromatic nitrogens is 1. The highest BCUT2D eigenvalue weighted by atomic mass is 35.5. The van der Waals surface area contributed by atoms with Crippen LogP contribution in [0.2, 0.25) is 5.22 Å². The first-order valence-corrected chi connectivity index (χ1v) is 8.30. The molecule has 1 fully saturated rings. The van der Waals surface area contributed by atoms with E-state index in [1.54, 1.807) is 34.1 Å². The molecule has 0 saturated carbocycles. The van der Waals surface area contributed by atoms with Gasteiger partial charge in [-0.05, 0) is 36.2 Å². The molecule has 1 aliphatic rings. The van der Waals surface area contributed by atoms with E-state index in [0.29, 0.717) is 44.0 Å². The molecule has 0 unspecified atom stereocenters. The van der Waals surface area contributed by atoms with Crippen molar-refractivity contribution in [1.29, 1.82) is 0 Å². The standard InChI is InChI=1S/C17H18ClN3O4/c1-24-15-6-3-12(11-19-15)16(22)20-7-2-8-21(10-9-20)17(23)13-4-5-14(18)25-13/h3-6,11H,2,7-10H2,1H3. The van der Waals surface area contributed by atoms with Crippen molar-refractivity contribution < 1.29 is 18.7 Å². The van der Waals surface area contributed by atoms with Crippen molar-refractivity contribution in [2.75, 3.05) is 33.3 Å². The summed E-state index contributed by atoms with van der Waals surface area (Å²) >= 11 is 5.72. The minimum Gasteiger partial charge on any atom is -0.481 e. The Morgan fingerprint density at radius 2 is 1.80 bits per heavy atom. The molecule has 2 amide bonds. The molecule has 3 heterocycles. The maximum Gasteiger partial charge on any atom is 0.289 e. The first-order valence-electron chi connectivity index (χ1n) is 7.92. The molecule has 2 aromatic rings. The van der Waals surface area contributed by atoms with Crippen LogP contribution >= 0.6 is 11.6 Å². The molecule has 2 aromatic heterocycles. The second kappa shape index (κ2) is 7.57. The van der Waals surface area contributed by atoms with Crippen LogP contribution in [0.4, 0.5) is 0 Å². The lowest BCUT2D eigenvalue weighted by atomic mass is 10.2. The van der Waals surface area contributed by atoms with Crippen molar-refractivity contribution in [3.05, 3.63) is 47.0 Å². The van der Waals surface area contributed by atoms with Gasteiger partial charge in [-0.1, -0.05) is 0 Å². The molecule has 0 spiro atoms. The van der Waals surface area contributed by atoms with Crippen LogP contribution < -0.4 is 4.74 Å². The Kier molecular flexibility index (Phi) is 5.23. The minimum atomic E-state index is -0.215. The maximum atomic E-state index is 12.6. The van der Waals surface area contributed by atoms with Crippen LogP contribution in [0.15, 0.2) is 34.9 Å². The number of methoxy groups -OCH3 is 1. The number of carbonyl (C=O) groups is 2. The number of furan rings is 1. The molecule has 25 heavy (non-hydrogen) atoms. The Balaban J connectivity index is 1.64. The van der Waals surface area contributed by atoms with Gasteiger partial charge in [-0.25, -0.2) is 4.98 Å². The molecule has 3 rings (SSSR count). The van der Waals surface area contributed by atoms with E-state index in [2.05, 4.69) is 4.98 Å². The minimum absolute atomic E-state index is 0.106. The van der Waals surface area contributed by atoms with Crippen LogP contribution in [-0.2, 0) is 0 Å². The Bertz CT molecular complexity index is 760. The molecule has 0 aromatic carbocycles. The zero-order chi connectivity index (χ0) is 17.8. The molecule has 0 bridgehead atoms. The smallest absolute Gasteiger partial charge is 0.289 e. The third-order valence-electron chi connectivity index (χ3n) is 4.05. The number of halogens is 1. The summed E-state index contributed by atoms with van der Waals surface area (Å²) in [6.45, 7) is 2.02. The van der Waals surface area contributed by atoms with Crippen LogP contribution in [0.25, 0.3) is 0 Å². The van der Waals surface area contributed by atoms with Gasteiger partial charge in [0.05, 0.1) is 12.7 Å². The molecule has 7 nitrogen and oxygen atoms in total. The van der Waals surface area contributed by atoms with Crippen LogP contribution in [0.3, 0.4) is 0 Å². The summed E-state index contributed by atoms with van der Waals surface area (Å²) in [5.41, 5.74) is 0.499. The monoisotopic (exact) mass is 363 g/mol. The van der Waals surface area contributed by atoms with E-state index in [9.17, 15) is 9.59 Å². The number of rotatable bonds is 3. The predicted octanol–water partition coefficient (Wildman–Crippen LogP) is 2.32. The number of pyridine rings is 1. The average Bonchev–Trinajstić information content (AvgIpc) is 2.93. The van der Waals surface area contributed by atoms with Crippen LogP contribution in [0.1, 0.15) is 27.3 Å². The van der Waals surface area contributed by atoms with Crippen molar-refractivity contribution in [2.24, 2.45) is 0 Å². The van der Waals surface area contributed by atoms with Gasteiger partial charge in [-0.15, -0.1) is 0 Å². The summed E-state index contributed by atoms with van der Waals surface area (Å²) in [5, 5.41) is 0.182. The number of carbonyl (C=O) groups excluding carboxylic acids is 2. The van der Waals surface area contributed by atoms with E-state index in [4.69, 9.17) is 20.8 Å². The van der Waals surface area contributed by atoms with Gasteiger partial charge in [-0.2, -0.15) is 0 Å². The molecule has 8 heteroatoms. The first kappa shape index (κ1) is 17.3. The highest BCUT2D eigenvalue weighted by Crippen LogP contribution is 2.17. The summed E-state index contributed by atoms with van der Waals surface area (Å²) in [7, 11) is 1.52. The van der Waals surface area contributed by atoms with Gasteiger partial charge in [0, 0.05) is 38.4 Å². The lowest BCUT2D eigenvalue weighted by Crippen LogP contribution is -2.37. The molecule has 1 aliphatic heterocycles. The SMILES string of the molecule is COc1ccc(C(=O)N2CCCN(C(=O)c3ccc(Cl)o3)CC2)cn1. The lowest BCUT2D eigenvalue weighted by Gasteiger charge is -2.21. The number of hydrogen-bond acceptors (Lipinski definition) is 5. The normalized spacial score (nSPS) is 15.0. The third kappa shape index (κ3) is 3.93. The second-order valence-electron chi connectivity index (χ2n) is 5.63. The average molecular weight is 364 g/mol. The number of hydrogen-bond donors (Lipinski definition) is 0. The first-order chi connectivity index (χ1) is 12.1. The molecular formula is C17H18ClN3O4. The largest absolute Gasteiger partial charge is 0.481 e. The Hall–Kier alpha value is -2.54. The van der Waals surface area contributed by atoms with Gasteiger partial charge in [-0.3, -0.25) is 9.59 Å². The fourth-order valence-corrected chi connectivity index (χ4v) is 2.86. The van der Waals surface area contributed by atoms with Gasteiger partial charge in [0.15, 0.2) is 11.0 Å². The summed E-state index contributed by atoms with van der Waals surface area (Å²) in [5.74, 6) is 0.350. The van der Waals surface area contributed by atoms with Crippen molar-refractivity contribution in [1.82, 2.24) is 14.8 Å². The molecule has 0 atom stereocenters. The fourth-order valence-electron chi connectivity index (χ4n) is 2.72. The molecule has 1 saturated heterocycles. The zero-order valence-corrected chi connectivity index (χ0v) is 14.5. The highest BCUT2D eigenvalue weighted by molar-refractivity contribution is 6.29. The number of ether oxygens (including phenoxy) is 1. The van der Waals surface area contributed by atoms with Crippen LogP contribution in [-0.4, -0.2) is 59.9 Å². The van der Waals surface area contributed by atoms with E-state index in [-0.39, 0.29) is 22.8 Å². The van der Waals surface area contributed by atoms with Gasteiger partial charge in [0.1, 0.15) is 0 Å². The summed E-state index contributed by atoms with van der Waals surface area (Å²) in [6, 6.07) is 6.44. The lowest BCUT2D eigenvalue weighted by molar-refractivity contribution is 0.0700. The Morgan fingerprint density at radius 3 is 2.36 bits per heavy atom. The molecule has 0 aliphatic carbocycles. The molecule has 0 N–H and O–H groups in total. The zero-order valence-electron chi connectivity index (χ0n) is 13.8. The van der Waals surface area contributed by atoms with Crippen molar-refractivity contribution >= 4 is 23.4 Å². The van der Waals surface area contributed by atoms with Crippen LogP contribution in [0.5, 0.6) is 5.88 Å². The fraction of sp³-hybridized carbons (Fsp3) is 0.353. The van der Waals surface area contributed by atoms with Crippen molar-refractivity contribution in [3.8, 4) is 5.88 Å². The van der Waals surface area contributed by atoms with E-state index < -0.39 is 0 Å². The van der Waals surface area contributed by atoms with E-state index >= 15 is 0 Å². The Morgan fingerprint density at radius 1 is 1.08 bits per heavy atom. The summed E-state index contributed by atoms with van der Waals surface area (Å²) < 4.78 is 10.2. The maximum absolute atomic E-state index is 12.6. The van der Waals surface area contributed by atoms with Crippen LogP contribution in [0, 0.1) is 0 Å². The van der Waals surface area contributed by atoms with Gasteiger partial charge in [0.25, 0.3) is 11.8 Å². The number of nitrogens with zero attached hydrogens (tertiary/aromatic N) is 3. The second-order valence-corrected chi connectivity index (χ2v) is 6.00. The van der Waals surface area contributed by atoms with Gasteiger partial charge < -0.3 is 19.0 Å². The van der Waals surface area contributed by atoms with Crippen molar-refractivity contribution in [3.63, 3.8) is 0 Å². The Labute approximate surface area is 150 Å². The van der Waals surface area contributed by atoms with Gasteiger partial charge in [0.2, 0.25) is 5.88 Å². The van der Waals surface area contributed by atoms with E-state index in [1.165, 1.54) is 13.3 Å². The molecule has 0 radical (unpaired) electrons. The predicted molar refractivity (Wildman–Crippen MR) is 90.9 cm³/mol. The topological polar surface area (TPSA) is 75.9 Å². The summed E-state index contributed by atoms with van der Waals surface area (Å²) in [6.07, 6.45) is 2.19. The number of amides is 2. The van der Waals surface area contributed by atoms with E-state index in [0.717, 1.165) is 0 Å². The van der Waals surface area contributed by atoms with Crippen molar-refractivity contribution in [2.45, 2.75) is 6.42 Å². The summed E-state index contributed by atoms with van der Waals surface area (Å²) in [4.78, 5) is 32.5. The molecular weight excluding hydrogens is 346 g/mol. The quantitative estimate of drug-likeness (QED) is 0.836. The third-order valence-corrected chi connectivity index (χ3v) is 4.25. The highest BCUT2D eigenvalue weighted by Gasteiger charge is 2.25. The van der Waals surface area contributed by atoms with Gasteiger partial charge >= 0.3 is 0 Å². The molecule has 132 valence electrons. The van der Waals surface area contributed by atoms with E-state index in [1.807, 2.05) is 0 Å².